The number of nitrogens with zero attached hydrogens (tertiary/aromatic N) is 8. The van der Waals surface area contributed by atoms with Crippen molar-refractivity contribution in [3.63, 3.8) is 0 Å². The van der Waals surface area contributed by atoms with Crippen LogP contribution in [-0.2, 0) is 11.3 Å². The highest BCUT2D eigenvalue weighted by Gasteiger charge is 2.28. The first-order valence-electron chi connectivity index (χ1n) is 13.7. The highest BCUT2D eigenvalue weighted by Crippen LogP contribution is 2.32. The molecule has 0 radical (unpaired) electrons. The summed E-state index contributed by atoms with van der Waals surface area (Å²) in [7, 11) is 6.19. The summed E-state index contributed by atoms with van der Waals surface area (Å²) in [6.07, 6.45) is 7.08. The third-order valence-electron chi connectivity index (χ3n) is 7.27. The Labute approximate surface area is 237 Å². The number of pyridine rings is 1. The fraction of sp³-hybridized carbons (Fsp3) is 0.345. The second-order valence-electron chi connectivity index (χ2n) is 10.5. The van der Waals surface area contributed by atoms with Crippen molar-refractivity contribution in [3.05, 3.63) is 65.1 Å². The number of likely N-dealkylation sites (N-methyl/N-ethyl adjacent to an activating group) is 2. The number of fused-ring (bicyclic) bond motifs is 5. The predicted molar refractivity (Wildman–Crippen MR) is 159 cm³/mol. The van der Waals surface area contributed by atoms with Crippen LogP contribution in [0.1, 0.15) is 12.8 Å². The number of benzene rings is 1. The molecule has 41 heavy (non-hydrogen) atoms. The molecule has 1 N–H and O–H groups in total. The summed E-state index contributed by atoms with van der Waals surface area (Å²) in [5, 5.41) is 3.64. The summed E-state index contributed by atoms with van der Waals surface area (Å²) in [4.78, 5) is 46.2. The van der Waals surface area contributed by atoms with Crippen LogP contribution in [0, 0.1) is 0 Å². The Hall–Kier alpha value is -4.71. The number of hydrogen-bond acceptors (Lipinski definition) is 9. The van der Waals surface area contributed by atoms with Gasteiger partial charge in [-0.15, -0.1) is 0 Å². The molecule has 2 bridgehead atoms. The number of hydrogen-bond donors (Lipinski definition) is 1. The number of allylic oxidation sites excluding steroid dienone is 2. The van der Waals surface area contributed by atoms with Gasteiger partial charge in [0.2, 0.25) is 5.95 Å². The molecule has 4 aromatic rings. The highest BCUT2D eigenvalue weighted by atomic mass is 16.5. The lowest BCUT2D eigenvalue weighted by Crippen LogP contribution is -2.40. The first-order valence-corrected chi connectivity index (χ1v) is 13.7. The summed E-state index contributed by atoms with van der Waals surface area (Å²) in [5.74, 6) is 1.67. The van der Waals surface area contributed by atoms with Gasteiger partial charge in [-0.2, -0.15) is 4.98 Å². The largest absolute Gasteiger partial charge is 0.480 e. The average molecular weight is 556 g/mol. The molecule has 1 amide bonds. The Bertz CT molecular complexity index is 1670. The van der Waals surface area contributed by atoms with Crippen LogP contribution in [0.25, 0.3) is 16.9 Å². The van der Waals surface area contributed by atoms with Crippen LogP contribution in [0.4, 0.5) is 23.1 Å². The average Bonchev–Trinajstić information content (AvgIpc) is 3.24. The van der Waals surface area contributed by atoms with Gasteiger partial charge in [-0.05, 0) is 63.3 Å². The van der Waals surface area contributed by atoms with Crippen LogP contribution < -0.4 is 25.4 Å². The second kappa shape index (κ2) is 11.0. The van der Waals surface area contributed by atoms with Crippen LogP contribution in [0.5, 0.6) is 5.75 Å². The lowest BCUT2D eigenvalue weighted by molar-refractivity contribution is -0.121. The smallest absolute Gasteiger partial charge is 0.278 e. The van der Waals surface area contributed by atoms with Crippen molar-refractivity contribution in [2.45, 2.75) is 19.4 Å². The van der Waals surface area contributed by atoms with E-state index in [1.54, 1.807) is 32.6 Å². The Morgan fingerprint density at radius 2 is 1.83 bits per heavy atom. The third kappa shape index (κ3) is 5.25. The number of carbonyl (C=O) groups is 1. The highest BCUT2D eigenvalue weighted by molar-refractivity contribution is 5.96. The fourth-order valence-corrected chi connectivity index (χ4v) is 4.97. The first-order chi connectivity index (χ1) is 19.9. The maximum absolute atomic E-state index is 13.5. The van der Waals surface area contributed by atoms with Gasteiger partial charge in [0.25, 0.3) is 11.5 Å². The minimum Gasteiger partial charge on any atom is -0.480 e. The molecule has 0 unspecified atom stereocenters. The van der Waals surface area contributed by atoms with E-state index in [9.17, 15) is 9.59 Å². The van der Waals surface area contributed by atoms with E-state index < -0.39 is 0 Å². The molecule has 6 rings (SSSR count). The van der Waals surface area contributed by atoms with Gasteiger partial charge in [-0.25, -0.2) is 19.3 Å². The zero-order valence-corrected chi connectivity index (χ0v) is 23.4. The molecular formula is C29H33N9O3. The molecule has 0 atom stereocenters. The molecule has 0 fully saturated rings. The second-order valence-corrected chi connectivity index (χ2v) is 10.5. The van der Waals surface area contributed by atoms with Crippen LogP contribution in [0.3, 0.4) is 0 Å². The van der Waals surface area contributed by atoms with E-state index in [-0.39, 0.29) is 18.1 Å². The van der Waals surface area contributed by atoms with Gasteiger partial charge >= 0.3 is 0 Å². The number of carbonyl (C=O) groups excluding carboxylic acids is 1. The van der Waals surface area contributed by atoms with Gasteiger partial charge in [-0.3, -0.25) is 14.5 Å². The molecule has 0 spiro atoms. The molecule has 1 aromatic carbocycles. The Balaban J connectivity index is 1.38. The molecule has 0 saturated carbocycles. The van der Waals surface area contributed by atoms with E-state index >= 15 is 0 Å². The van der Waals surface area contributed by atoms with Gasteiger partial charge < -0.3 is 19.9 Å². The van der Waals surface area contributed by atoms with E-state index in [1.807, 2.05) is 36.4 Å². The zero-order chi connectivity index (χ0) is 28.5. The topological polar surface area (TPSA) is 114 Å². The SMILES string of the molecule is CN(C)CCN(C)c1ccc(Nc2ncc3c(=O)n4n(c3n2)-c2ccc3c(n2)N(CCCC=CC4)C(=O)CO3)cc1. The van der Waals surface area contributed by atoms with Crippen molar-refractivity contribution < 1.29 is 9.53 Å². The first kappa shape index (κ1) is 26.5. The molecule has 0 saturated heterocycles. The molecule has 2 aliphatic rings. The van der Waals surface area contributed by atoms with E-state index in [0.29, 0.717) is 47.5 Å². The lowest BCUT2D eigenvalue weighted by atomic mass is 10.2. The van der Waals surface area contributed by atoms with Crippen LogP contribution >= 0.6 is 0 Å². The molecular weight excluding hydrogens is 522 g/mol. The van der Waals surface area contributed by atoms with Crippen molar-refractivity contribution in [1.29, 1.82) is 0 Å². The number of ether oxygens (including phenoxy) is 1. The number of nitrogens with one attached hydrogen (secondary N) is 1. The van der Waals surface area contributed by atoms with Gasteiger partial charge in [0, 0.05) is 44.3 Å². The van der Waals surface area contributed by atoms with Crippen molar-refractivity contribution in [3.8, 4) is 11.6 Å². The maximum atomic E-state index is 13.5. The Morgan fingerprint density at radius 3 is 2.63 bits per heavy atom. The van der Waals surface area contributed by atoms with E-state index in [4.69, 9.17) is 14.7 Å². The van der Waals surface area contributed by atoms with E-state index in [0.717, 1.165) is 37.3 Å². The number of anilines is 4. The quantitative estimate of drug-likeness (QED) is 0.359. The monoisotopic (exact) mass is 555 g/mol. The number of rotatable bonds is 6. The molecule has 212 valence electrons. The van der Waals surface area contributed by atoms with Crippen molar-refractivity contribution >= 4 is 40.1 Å². The molecule has 2 aliphatic heterocycles. The maximum Gasteiger partial charge on any atom is 0.278 e. The summed E-state index contributed by atoms with van der Waals surface area (Å²) >= 11 is 0. The van der Waals surface area contributed by atoms with Crippen LogP contribution in [-0.4, -0.2) is 82.5 Å². The van der Waals surface area contributed by atoms with Gasteiger partial charge in [0.15, 0.2) is 29.6 Å². The molecule has 12 heteroatoms. The fourth-order valence-electron chi connectivity index (χ4n) is 4.97. The third-order valence-corrected chi connectivity index (χ3v) is 7.27. The van der Waals surface area contributed by atoms with Crippen molar-refractivity contribution in [2.75, 3.05) is 62.5 Å². The van der Waals surface area contributed by atoms with E-state index in [2.05, 4.69) is 41.2 Å². The summed E-state index contributed by atoms with van der Waals surface area (Å²) in [6.45, 7) is 2.74. The Kier molecular flexibility index (Phi) is 7.14. The van der Waals surface area contributed by atoms with Crippen LogP contribution in [0.15, 0.2) is 59.5 Å². The predicted octanol–water partition coefficient (Wildman–Crippen LogP) is 2.79. The lowest BCUT2D eigenvalue weighted by Gasteiger charge is -2.28. The summed E-state index contributed by atoms with van der Waals surface area (Å²) in [6, 6.07) is 11.6. The van der Waals surface area contributed by atoms with Crippen molar-refractivity contribution in [1.82, 2.24) is 29.2 Å². The van der Waals surface area contributed by atoms with Gasteiger partial charge in [-0.1, -0.05) is 12.2 Å². The molecule has 5 heterocycles. The normalized spacial score (nSPS) is 14.8. The van der Waals surface area contributed by atoms with Crippen molar-refractivity contribution in [2.24, 2.45) is 0 Å². The zero-order valence-electron chi connectivity index (χ0n) is 23.4. The summed E-state index contributed by atoms with van der Waals surface area (Å²) < 4.78 is 8.93. The van der Waals surface area contributed by atoms with Crippen LogP contribution in [0.2, 0.25) is 0 Å². The number of aromatic nitrogens is 5. The molecule has 12 nitrogen and oxygen atoms in total. The summed E-state index contributed by atoms with van der Waals surface area (Å²) in [5.41, 5.74) is 2.13. The minimum absolute atomic E-state index is 0.0172. The number of amides is 1. The standard InChI is InChI=1S/C29H33N9O3/c1-34(2)16-17-35(3)21-10-8-20(9-11-21)31-29-30-18-22-26(33-29)38-24-13-12-23-27(32-24)36(25(39)19-41-23)14-6-4-5-7-15-37(38)28(22)40/h5,7-13,18H,4,6,14-17,19H2,1-3H3,(H,30,31,33). The molecule has 3 aromatic heterocycles. The Morgan fingerprint density at radius 1 is 1.00 bits per heavy atom. The molecule has 0 aliphatic carbocycles. The van der Waals surface area contributed by atoms with E-state index in [1.165, 1.54) is 0 Å². The minimum atomic E-state index is -0.220. The van der Waals surface area contributed by atoms with Gasteiger partial charge in [0.1, 0.15) is 5.39 Å². The van der Waals surface area contributed by atoms with Gasteiger partial charge in [0.05, 0.1) is 6.54 Å².